The van der Waals surface area contributed by atoms with Crippen LogP contribution in [0.15, 0.2) is 41.3 Å². The van der Waals surface area contributed by atoms with Crippen molar-refractivity contribution in [2.45, 2.75) is 18.7 Å². The summed E-state index contributed by atoms with van der Waals surface area (Å²) in [6, 6.07) is 9.85. The molecule has 0 aliphatic rings. The van der Waals surface area contributed by atoms with Gasteiger partial charge in [-0.25, -0.2) is 18.2 Å². The van der Waals surface area contributed by atoms with Gasteiger partial charge in [-0.2, -0.15) is 0 Å². The summed E-state index contributed by atoms with van der Waals surface area (Å²) in [6.07, 6.45) is 0. The lowest BCUT2D eigenvalue weighted by Gasteiger charge is -2.09. The summed E-state index contributed by atoms with van der Waals surface area (Å²) in [7, 11) is -2.77. The van der Waals surface area contributed by atoms with E-state index < -0.39 is 16.0 Å². The van der Waals surface area contributed by atoms with E-state index in [2.05, 4.69) is 14.4 Å². The Labute approximate surface area is 149 Å². The molecule has 25 heavy (non-hydrogen) atoms. The van der Waals surface area contributed by atoms with Crippen LogP contribution in [0.1, 0.15) is 21.5 Å². The Kier molecular flexibility index (Phi) is 4.49. The summed E-state index contributed by atoms with van der Waals surface area (Å²) in [6.45, 7) is 3.91. The van der Waals surface area contributed by atoms with Crippen LogP contribution in [0.2, 0.25) is 0 Å². The molecule has 6 nitrogen and oxygen atoms in total. The highest BCUT2D eigenvalue weighted by atomic mass is 32.2. The number of benzene rings is 2. The molecular formula is C17H16N2O4S2. The van der Waals surface area contributed by atoms with E-state index in [-0.39, 0.29) is 15.6 Å². The molecule has 0 fully saturated rings. The van der Waals surface area contributed by atoms with Crippen molar-refractivity contribution in [3.05, 3.63) is 53.1 Å². The number of anilines is 1. The van der Waals surface area contributed by atoms with Gasteiger partial charge in [-0.05, 0) is 43.2 Å². The number of thiazole rings is 1. The minimum Gasteiger partial charge on any atom is -0.465 e. The first kappa shape index (κ1) is 17.4. The van der Waals surface area contributed by atoms with Gasteiger partial charge in [0.2, 0.25) is 0 Å². The monoisotopic (exact) mass is 376 g/mol. The van der Waals surface area contributed by atoms with Gasteiger partial charge in [0.1, 0.15) is 4.90 Å². The van der Waals surface area contributed by atoms with E-state index in [0.717, 1.165) is 21.3 Å². The van der Waals surface area contributed by atoms with Gasteiger partial charge in [0, 0.05) is 0 Å². The first-order valence-electron chi connectivity index (χ1n) is 7.40. The van der Waals surface area contributed by atoms with Crippen molar-refractivity contribution in [2.24, 2.45) is 0 Å². The van der Waals surface area contributed by atoms with Crippen molar-refractivity contribution in [2.75, 3.05) is 11.8 Å². The van der Waals surface area contributed by atoms with Gasteiger partial charge >= 0.3 is 5.97 Å². The van der Waals surface area contributed by atoms with Gasteiger partial charge in [0.05, 0.1) is 22.9 Å². The number of aromatic nitrogens is 1. The maximum atomic E-state index is 12.7. The molecule has 3 rings (SSSR count). The number of carbonyl (C=O) groups is 1. The lowest BCUT2D eigenvalue weighted by molar-refractivity contribution is 0.0596. The number of hydrogen-bond donors (Lipinski definition) is 1. The van der Waals surface area contributed by atoms with Gasteiger partial charge in [-0.15, -0.1) is 0 Å². The van der Waals surface area contributed by atoms with Crippen LogP contribution in [-0.2, 0) is 14.8 Å². The maximum Gasteiger partial charge on any atom is 0.339 e. The molecule has 0 saturated heterocycles. The standard InChI is InChI=1S/C17H16N2O4S2/c1-10-8-11(2)15-13(9-10)24-17(18-15)19-25(21,22)14-7-5-4-6-12(14)16(20)23-3/h4-9H,1-3H3,(H,18,19). The Morgan fingerprint density at radius 1 is 1.20 bits per heavy atom. The third kappa shape index (κ3) is 3.35. The number of sulfonamides is 1. The summed E-state index contributed by atoms with van der Waals surface area (Å²) in [5, 5.41) is 0.253. The zero-order valence-corrected chi connectivity index (χ0v) is 15.5. The molecule has 2 aromatic carbocycles. The van der Waals surface area contributed by atoms with E-state index in [1.54, 1.807) is 12.1 Å². The Bertz CT molecular complexity index is 1070. The normalized spacial score (nSPS) is 11.5. The van der Waals surface area contributed by atoms with Crippen molar-refractivity contribution >= 4 is 42.7 Å². The molecule has 130 valence electrons. The van der Waals surface area contributed by atoms with Crippen LogP contribution in [-0.4, -0.2) is 26.5 Å². The number of hydrogen-bond acceptors (Lipinski definition) is 6. The Morgan fingerprint density at radius 3 is 2.64 bits per heavy atom. The molecule has 0 aliphatic carbocycles. The van der Waals surface area contributed by atoms with Gasteiger partial charge in [-0.3, -0.25) is 4.72 Å². The molecule has 0 radical (unpaired) electrons. The molecule has 8 heteroatoms. The molecular weight excluding hydrogens is 360 g/mol. The fraction of sp³-hybridized carbons (Fsp3) is 0.176. The van der Waals surface area contributed by atoms with Gasteiger partial charge in [0.25, 0.3) is 10.0 Å². The lowest BCUT2D eigenvalue weighted by atomic mass is 10.1. The highest BCUT2D eigenvalue weighted by Crippen LogP contribution is 2.31. The van der Waals surface area contributed by atoms with Crippen LogP contribution in [0.25, 0.3) is 10.2 Å². The van der Waals surface area contributed by atoms with E-state index >= 15 is 0 Å². The highest BCUT2D eigenvalue weighted by molar-refractivity contribution is 7.93. The predicted molar refractivity (Wildman–Crippen MR) is 97.7 cm³/mol. The summed E-state index contributed by atoms with van der Waals surface area (Å²) >= 11 is 1.25. The van der Waals surface area contributed by atoms with Gasteiger partial charge in [-0.1, -0.05) is 29.5 Å². The summed E-state index contributed by atoms with van der Waals surface area (Å²) < 4.78 is 33.5. The van der Waals surface area contributed by atoms with Gasteiger partial charge in [0.15, 0.2) is 5.13 Å². The largest absolute Gasteiger partial charge is 0.465 e. The fourth-order valence-corrected chi connectivity index (χ4v) is 5.04. The molecule has 3 aromatic rings. The smallest absolute Gasteiger partial charge is 0.339 e. The number of aryl methyl sites for hydroxylation is 2. The quantitative estimate of drug-likeness (QED) is 0.705. The van der Waals surface area contributed by atoms with Crippen molar-refractivity contribution < 1.29 is 17.9 Å². The van der Waals surface area contributed by atoms with Crippen LogP contribution in [0.4, 0.5) is 5.13 Å². The molecule has 0 atom stereocenters. The van der Waals surface area contributed by atoms with Crippen LogP contribution in [0.3, 0.4) is 0 Å². The topological polar surface area (TPSA) is 85.4 Å². The van der Waals surface area contributed by atoms with E-state index in [4.69, 9.17) is 0 Å². The van der Waals surface area contributed by atoms with Crippen LogP contribution in [0.5, 0.6) is 0 Å². The highest BCUT2D eigenvalue weighted by Gasteiger charge is 2.24. The minimum absolute atomic E-state index is 0.0226. The van der Waals surface area contributed by atoms with E-state index in [0.29, 0.717) is 0 Å². The van der Waals surface area contributed by atoms with E-state index in [9.17, 15) is 13.2 Å². The summed E-state index contributed by atoms with van der Waals surface area (Å²) in [4.78, 5) is 16.1. The third-order valence-electron chi connectivity index (χ3n) is 3.63. The van der Waals surface area contributed by atoms with Gasteiger partial charge < -0.3 is 4.74 Å². The molecule has 0 spiro atoms. The predicted octanol–water partition coefficient (Wildman–Crippen LogP) is 3.50. The van der Waals surface area contributed by atoms with Crippen LogP contribution < -0.4 is 4.72 Å². The first-order valence-corrected chi connectivity index (χ1v) is 9.70. The maximum absolute atomic E-state index is 12.7. The third-order valence-corrected chi connectivity index (χ3v) is 6.08. The molecule has 0 unspecified atom stereocenters. The number of ether oxygens (including phenoxy) is 1. The molecule has 0 amide bonds. The Balaban J connectivity index is 2.03. The number of rotatable bonds is 4. The van der Waals surface area contributed by atoms with Crippen LogP contribution >= 0.6 is 11.3 Å². The van der Waals surface area contributed by atoms with E-state index in [1.165, 1.54) is 30.6 Å². The Hall–Kier alpha value is -2.45. The molecule has 0 bridgehead atoms. The zero-order valence-electron chi connectivity index (χ0n) is 13.9. The molecule has 1 heterocycles. The first-order chi connectivity index (χ1) is 11.8. The molecule has 1 aromatic heterocycles. The molecule has 0 saturated carbocycles. The Morgan fingerprint density at radius 2 is 1.92 bits per heavy atom. The number of methoxy groups -OCH3 is 1. The van der Waals surface area contributed by atoms with Crippen LogP contribution in [0, 0.1) is 13.8 Å². The second kappa shape index (κ2) is 6.45. The average molecular weight is 376 g/mol. The van der Waals surface area contributed by atoms with Crippen molar-refractivity contribution in [3.8, 4) is 0 Å². The second-order valence-corrected chi connectivity index (χ2v) is 8.22. The zero-order chi connectivity index (χ0) is 18.2. The SMILES string of the molecule is COC(=O)c1ccccc1S(=O)(=O)Nc1nc2c(C)cc(C)cc2s1. The molecule has 0 aliphatic heterocycles. The number of esters is 1. The second-order valence-electron chi connectivity index (χ2n) is 5.54. The molecule has 1 N–H and O–H groups in total. The number of carbonyl (C=O) groups excluding carboxylic acids is 1. The van der Waals surface area contributed by atoms with Crippen molar-refractivity contribution in [1.82, 2.24) is 4.98 Å². The summed E-state index contributed by atoms with van der Waals surface area (Å²) in [5.74, 6) is -0.711. The van der Waals surface area contributed by atoms with Crippen molar-refractivity contribution in [3.63, 3.8) is 0 Å². The average Bonchev–Trinajstić information content (AvgIpc) is 2.96. The fourth-order valence-electron chi connectivity index (χ4n) is 2.56. The van der Waals surface area contributed by atoms with Crippen molar-refractivity contribution in [1.29, 1.82) is 0 Å². The minimum atomic E-state index is -3.97. The number of nitrogens with zero attached hydrogens (tertiary/aromatic N) is 1. The van der Waals surface area contributed by atoms with E-state index in [1.807, 2.05) is 26.0 Å². The summed E-state index contributed by atoms with van der Waals surface area (Å²) in [5.41, 5.74) is 2.80. The lowest BCUT2D eigenvalue weighted by Crippen LogP contribution is -2.17. The number of nitrogens with one attached hydrogen (secondary N) is 1. The number of fused-ring (bicyclic) bond motifs is 1.